The van der Waals surface area contributed by atoms with Gasteiger partial charge in [-0.3, -0.25) is 23.5 Å². The summed E-state index contributed by atoms with van der Waals surface area (Å²) in [5.41, 5.74) is 0.385. The molecule has 0 spiro atoms. The van der Waals surface area contributed by atoms with Gasteiger partial charge >= 0.3 is 11.1 Å². The molecule has 1 aromatic heterocycles. The van der Waals surface area contributed by atoms with Crippen molar-refractivity contribution < 1.29 is 9.53 Å². The second-order valence-corrected chi connectivity index (χ2v) is 6.57. The van der Waals surface area contributed by atoms with Gasteiger partial charge in [0.15, 0.2) is 0 Å². The molecule has 7 nitrogen and oxygen atoms in total. The monoisotopic (exact) mass is 399 g/mol. The van der Waals surface area contributed by atoms with Crippen LogP contribution in [0.15, 0.2) is 64.4 Å². The van der Waals surface area contributed by atoms with Gasteiger partial charge in [-0.25, -0.2) is 0 Å². The van der Waals surface area contributed by atoms with E-state index in [0.29, 0.717) is 22.1 Å². The van der Waals surface area contributed by atoms with Gasteiger partial charge in [0.25, 0.3) is 0 Å². The van der Waals surface area contributed by atoms with Crippen molar-refractivity contribution in [3.05, 3.63) is 86.2 Å². The Labute approximate surface area is 165 Å². The Balaban J connectivity index is 1.83. The molecule has 0 aliphatic heterocycles. The van der Waals surface area contributed by atoms with E-state index in [4.69, 9.17) is 16.3 Å². The lowest BCUT2D eigenvalue weighted by molar-refractivity contribution is -0.116. The number of methoxy groups -OCH3 is 1. The summed E-state index contributed by atoms with van der Waals surface area (Å²) in [7, 11) is 1.50. The van der Waals surface area contributed by atoms with Crippen molar-refractivity contribution in [2.24, 2.45) is 0 Å². The molecule has 0 radical (unpaired) electrons. The molecule has 8 heteroatoms. The summed E-state index contributed by atoms with van der Waals surface area (Å²) in [4.78, 5) is 37.2. The zero-order valence-electron chi connectivity index (χ0n) is 15.3. The highest BCUT2D eigenvalue weighted by molar-refractivity contribution is 6.30. The molecular formula is C20H18ClN3O4. The van der Waals surface area contributed by atoms with E-state index < -0.39 is 17.0 Å². The van der Waals surface area contributed by atoms with Gasteiger partial charge in [-0.15, -0.1) is 0 Å². The number of nitrogens with zero attached hydrogens (tertiary/aromatic N) is 2. The van der Waals surface area contributed by atoms with Gasteiger partial charge in [0.05, 0.1) is 12.8 Å². The molecule has 0 aliphatic carbocycles. The first kappa shape index (κ1) is 19.4. The van der Waals surface area contributed by atoms with Crippen LogP contribution in [0.3, 0.4) is 0 Å². The number of halogens is 1. The summed E-state index contributed by atoms with van der Waals surface area (Å²) < 4.78 is 7.49. The van der Waals surface area contributed by atoms with Crippen LogP contribution in [-0.4, -0.2) is 22.2 Å². The highest BCUT2D eigenvalue weighted by Crippen LogP contribution is 2.25. The topological polar surface area (TPSA) is 82.3 Å². The average molecular weight is 400 g/mol. The van der Waals surface area contributed by atoms with Crippen LogP contribution < -0.4 is 21.2 Å². The number of carbonyl (C=O) groups excluding carboxylic acids is 1. The van der Waals surface area contributed by atoms with Gasteiger partial charge in [-0.1, -0.05) is 17.7 Å². The van der Waals surface area contributed by atoms with Gasteiger partial charge in [0.2, 0.25) is 5.91 Å². The van der Waals surface area contributed by atoms with Gasteiger partial charge < -0.3 is 10.1 Å². The van der Waals surface area contributed by atoms with E-state index in [9.17, 15) is 14.4 Å². The Kier molecular flexibility index (Phi) is 5.65. The standard InChI is InChI=1S/C20H18ClN3O4/c1-13-3-8-17(28-2)16(11-13)22-18(25)12-23-9-10-24(20(27)19(23)26)15-6-4-14(21)5-7-15/h3-11H,12H2,1-2H3,(H,22,25). The highest BCUT2D eigenvalue weighted by Gasteiger charge is 2.12. The number of nitrogens with one attached hydrogen (secondary N) is 1. The van der Waals surface area contributed by atoms with Crippen LogP contribution in [0.1, 0.15) is 5.56 Å². The number of hydrogen-bond donors (Lipinski definition) is 1. The minimum Gasteiger partial charge on any atom is -0.495 e. The summed E-state index contributed by atoms with van der Waals surface area (Å²) in [6, 6.07) is 11.9. The van der Waals surface area contributed by atoms with E-state index in [1.54, 1.807) is 36.4 Å². The van der Waals surface area contributed by atoms with Crippen LogP contribution in [0.4, 0.5) is 5.69 Å². The zero-order chi connectivity index (χ0) is 20.3. The molecule has 0 bridgehead atoms. The molecule has 2 aromatic carbocycles. The molecule has 0 saturated heterocycles. The van der Waals surface area contributed by atoms with E-state index in [2.05, 4.69) is 5.32 Å². The molecule has 0 unspecified atom stereocenters. The van der Waals surface area contributed by atoms with Crippen LogP contribution in [-0.2, 0) is 11.3 Å². The van der Waals surface area contributed by atoms with Crippen molar-refractivity contribution in [2.45, 2.75) is 13.5 Å². The molecular weight excluding hydrogens is 382 g/mol. The Morgan fingerprint density at radius 2 is 1.79 bits per heavy atom. The average Bonchev–Trinajstić information content (AvgIpc) is 2.67. The maximum Gasteiger partial charge on any atom is 0.320 e. The molecule has 144 valence electrons. The minimum absolute atomic E-state index is 0.299. The normalized spacial score (nSPS) is 10.5. The molecule has 0 aliphatic rings. The van der Waals surface area contributed by atoms with Crippen molar-refractivity contribution in [2.75, 3.05) is 12.4 Å². The van der Waals surface area contributed by atoms with Crippen LogP contribution in [0.2, 0.25) is 5.02 Å². The number of anilines is 1. The smallest absolute Gasteiger partial charge is 0.320 e. The van der Waals surface area contributed by atoms with Gasteiger partial charge in [-0.05, 0) is 48.9 Å². The SMILES string of the molecule is COc1ccc(C)cc1NC(=O)Cn1ccn(-c2ccc(Cl)cc2)c(=O)c1=O. The fourth-order valence-corrected chi connectivity index (χ4v) is 2.83. The Morgan fingerprint density at radius 1 is 1.07 bits per heavy atom. The van der Waals surface area contributed by atoms with Crippen LogP contribution >= 0.6 is 11.6 Å². The summed E-state index contributed by atoms with van der Waals surface area (Å²) in [6.07, 6.45) is 2.83. The fourth-order valence-electron chi connectivity index (χ4n) is 2.70. The first-order valence-corrected chi connectivity index (χ1v) is 8.79. The first-order valence-electron chi connectivity index (χ1n) is 8.41. The molecule has 0 atom stereocenters. The van der Waals surface area contributed by atoms with E-state index in [1.807, 2.05) is 13.0 Å². The third kappa shape index (κ3) is 4.15. The number of amides is 1. The quantitative estimate of drug-likeness (QED) is 0.668. The van der Waals surface area contributed by atoms with Crippen molar-refractivity contribution in [1.82, 2.24) is 9.13 Å². The summed E-state index contributed by atoms with van der Waals surface area (Å²) >= 11 is 5.84. The lowest BCUT2D eigenvalue weighted by Gasteiger charge is -2.12. The molecule has 1 amide bonds. The second kappa shape index (κ2) is 8.14. The lowest BCUT2D eigenvalue weighted by Crippen LogP contribution is -2.41. The number of rotatable bonds is 5. The van der Waals surface area contributed by atoms with Gasteiger partial charge in [0.1, 0.15) is 12.3 Å². The summed E-state index contributed by atoms with van der Waals surface area (Å²) in [5, 5.41) is 3.22. The van der Waals surface area contributed by atoms with Gasteiger partial charge in [0, 0.05) is 23.1 Å². The number of aromatic nitrogens is 2. The highest BCUT2D eigenvalue weighted by atomic mass is 35.5. The third-order valence-electron chi connectivity index (χ3n) is 4.11. The molecule has 0 fully saturated rings. The molecule has 3 rings (SSSR count). The van der Waals surface area contributed by atoms with Crippen molar-refractivity contribution in [3.63, 3.8) is 0 Å². The zero-order valence-corrected chi connectivity index (χ0v) is 16.1. The summed E-state index contributed by atoms with van der Waals surface area (Å²) in [6.45, 7) is 1.59. The maximum atomic E-state index is 12.4. The molecule has 28 heavy (non-hydrogen) atoms. The minimum atomic E-state index is -0.802. The fraction of sp³-hybridized carbons (Fsp3) is 0.150. The number of ether oxygens (including phenoxy) is 1. The van der Waals surface area contributed by atoms with Crippen LogP contribution in [0, 0.1) is 6.92 Å². The predicted octanol–water partition coefficient (Wildman–Crippen LogP) is 2.61. The summed E-state index contributed by atoms with van der Waals surface area (Å²) in [5.74, 6) is 0.0547. The molecule has 3 aromatic rings. The van der Waals surface area contributed by atoms with Crippen molar-refractivity contribution >= 4 is 23.2 Å². The number of carbonyl (C=O) groups is 1. The van der Waals surface area contributed by atoms with E-state index in [1.165, 1.54) is 24.1 Å². The van der Waals surface area contributed by atoms with Crippen molar-refractivity contribution in [1.29, 1.82) is 0 Å². The maximum absolute atomic E-state index is 12.4. The first-order chi connectivity index (χ1) is 13.4. The number of aryl methyl sites for hydroxylation is 1. The Morgan fingerprint density at radius 3 is 2.46 bits per heavy atom. The number of hydrogen-bond acceptors (Lipinski definition) is 4. The van der Waals surface area contributed by atoms with E-state index in [-0.39, 0.29) is 6.54 Å². The Bertz CT molecular complexity index is 1130. The van der Waals surface area contributed by atoms with Crippen LogP contribution in [0.5, 0.6) is 5.75 Å². The largest absolute Gasteiger partial charge is 0.495 e. The second-order valence-electron chi connectivity index (χ2n) is 6.13. The molecule has 1 heterocycles. The predicted molar refractivity (Wildman–Crippen MR) is 108 cm³/mol. The number of benzene rings is 2. The molecule has 0 saturated carbocycles. The molecule has 1 N–H and O–H groups in total. The van der Waals surface area contributed by atoms with Crippen LogP contribution in [0.25, 0.3) is 5.69 Å². The van der Waals surface area contributed by atoms with E-state index in [0.717, 1.165) is 10.1 Å². The lowest BCUT2D eigenvalue weighted by atomic mass is 10.2. The van der Waals surface area contributed by atoms with Crippen molar-refractivity contribution in [3.8, 4) is 11.4 Å². The van der Waals surface area contributed by atoms with Gasteiger partial charge in [-0.2, -0.15) is 0 Å². The third-order valence-corrected chi connectivity index (χ3v) is 4.36. The Hall–Kier alpha value is -3.32. The van der Waals surface area contributed by atoms with E-state index >= 15 is 0 Å².